The summed E-state index contributed by atoms with van der Waals surface area (Å²) < 4.78 is 4.90. The molecule has 6 nitrogen and oxygen atoms in total. The van der Waals surface area contributed by atoms with Gasteiger partial charge in [-0.15, -0.1) is 0 Å². The van der Waals surface area contributed by atoms with Crippen LogP contribution in [0.3, 0.4) is 0 Å². The SMILES string of the molecule is O=C(O)c1cc(CN2CCCOC2=O)ccn1. The lowest BCUT2D eigenvalue weighted by Crippen LogP contribution is -2.37. The van der Waals surface area contributed by atoms with Crippen LogP contribution in [0.2, 0.25) is 0 Å². The first-order chi connectivity index (χ1) is 8.16. The largest absolute Gasteiger partial charge is 0.477 e. The van der Waals surface area contributed by atoms with Crippen molar-refractivity contribution in [3.05, 3.63) is 29.6 Å². The van der Waals surface area contributed by atoms with E-state index in [2.05, 4.69) is 4.98 Å². The van der Waals surface area contributed by atoms with Gasteiger partial charge in [-0.05, 0) is 24.1 Å². The van der Waals surface area contributed by atoms with Crippen molar-refractivity contribution in [2.75, 3.05) is 13.2 Å². The number of aromatic nitrogens is 1. The summed E-state index contributed by atoms with van der Waals surface area (Å²) in [6.07, 6.45) is 1.86. The molecule has 90 valence electrons. The summed E-state index contributed by atoms with van der Waals surface area (Å²) in [6.45, 7) is 1.43. The van der Waals surface area contributed by atoms with Crippen LogP contribution < -0.4 is 0 Å². The Balaban J connectivity index is 2.09. The number of carbonyl (C=O) groups excluding carboxylic acids is 1. The molecular weight excluding hydrogens is 224 g/mol. The normalized spacial score (nSPS) is 15.5. The van der Waals surface area contributed by atoms with Crippen LogP contribution in [0.4, 0.5) is 4.79 Å². The fraction of sp³-hybridized carbons (Fsp3) is 0.364. The minimum Gasteiger partial charge on any atom is -0.477 e. The molecule has 0 atom stereocenters. The van der Waals surface area contributed by atoms with E-state index in [9.17, 15) is 9.59 Å². The van der Waals surface area contributed by atoms with Crippen molar-refractivity contribution in [1.29, 1.82) is 0 Å². The first-order valence-corrected chi connectivity index (χ1v) is 5.27. The standard InChI is InChI=1S/C11H12N2O4/c14-10(15)9-6-8(2-3-12-9)7-13-4-1-5-17-11(13)16/h2-3,6H,1,4-5,7H2,(H,14,15). The number of ether oxygens (including phenoxy) is 1. The summed E-state index contributed by atoms with van der Waals surface area (Å²) in [5.41, 5.74) is 0.712. The van der Waals surface area contributed by atoms with Crippen LogP contribution in [0, 0.1) is 0 Å². The summed E-state index contributed by atoms with van der Waals surface area (Å²) >= 11 is 0. The highest BCUT2D eigenvalue weighted by molar-refractivity contribution is 5.85. The number of rotatable bonds is 3. The first kappa shape index (κ1) is 11.4. The van der Waals surface area contributed by atoms with Gasteiger partial charge in [0, 0.05) is 19.3 Å². The highest BCUT2D eigenvalue weighted by atomic mass is 16.6. The fourth-order valence-corrected chi connectivity index (χ4v) is 1.65. The van der Waals surface area contributed by atoms with Gasteiger partial charge in [-0.1, -0.05) is 0 Å². The minimum absolute atomic E-state index is 0.0205. The molecule has 1 N–H and O–H groups in total. The molecule has 6 heteroatoms. The Kier molecular flexibility index (Phi) is 3.22. The summed E-state index contributed by atoms with van der Waals surface area (Å²) in [6, 6.07) is 3.15. The van der Waals surface area contributed by atoms with Crippen LogP contribution in [0.1, 0.15) is 22.5 Å². The van der Waals surface area contributed by atoms with Crippen LogP contribution in [-0.2, 0) is 11.3 Å². The van der Waals surface area contributed by atoms with Gasteiger partial charge >= 0.3 is 12.1 Å². The Morgan fingerprint density at radius 1 is 1.59 bits per heavy atom. The zero-order valence-corrected chi connectivity index (χ0v) is 9.13. The van der Waals surface area contributed by atoms with Gasteiger partial charge in [-0.3, -0.25) is 0 Å². The van der Waals surface area contributed by atoms with Gasteiger partial charge in [0.05, 0.1) is 6.61 Å². The number of carbonyl (C=O) groups is 2. The molecule has 0 unspecified atom stereocenters. The average Bonchev–Trinajstić information content (AvgIpc) is 2.32. The van der Waals surface area contributed by atoms with E-state index in [0.717, 1.165) is 12.0 Å². The third kappa shape index (κ3) is 2.72. The lowest BCUT2D eigenvalue weighted by Gasteiger charge is -2.26. The Morgan fingerprint density at radius 3 is 3.12 bits per heavy atom. The molecule has 0 spiro atoms. The number of aromatic carboxylic acids is 1. The van der Waals surface area contributed by atoms with Crippen LogP contribution in [0.5, 0.6) is 0 Å². The smallest absolute Gasteiger partial charge is 0.410 e. The second-order valence-electron chi connectivity index (χ2n) is 3.74. The quantitative estimate of drug-likeness (QED) is 0.850. The van der Waals surface area contributed by atoms with Crippen molar-refractivity contribution < 1.29 is 19.4 Å². The Morgan fingerprint density at radius 2 is 2.41 bits per heavy atom. The van der Waals surface area contributed by atoms with E-state index in [1.165, 1.54) is 12.3 Å². The van der Waals surface area contributed by atoms with E-state index in [1.807, 2.05) is 0 Å². The number of carboxylic acid groups (broad SMARTS) is 1. The monoisotopic (exact) mass is 236 g/mol. The number of hydrogen-bond donors (Lipinski definition) is 1. The molecule has 2 heterocycles. The zero-order valence-electron chi connectivity index (χ0n) is 9.13. The molecule has 2 rings (SSSR count). The average molecular weight is 236 g/mol. The molecular formula is C11H12N2O4. The summed E-state index contributed by atoms with van der Waals surface area (Å²) in [5, 5.41) is 8.80. The molecule has 1 saturated heterocycles. The molecule has 0 bridgehead atoms. The Labute approximate surface area is 97.8 Å². The molecule has 0 radical (unpaired) electrons. The van der Waals surface area contributed by atoms with Crippen molar-refractivity contribution in [3.63, 3.8) is 0 Å². The molecule has 1 aromatic heterocycles. The lowest BCUT2D eigenvalue weighted by molar-refractivity contribution is 0.0690. The van der Waals surface area contributed by atoms with E-state index in [-0.39, 0.29) is 11.8 Å². The van der Waals surface area contributed by atoms with E-state index >= 15 is 0 Å². The fourth-order valence-electron chi connectivity index (χ4n) is 1.65. The number of carboxylic acids is 1. The van der Waals surface area contributed by atoms with Gasteiger partial charge in [0.25, 0.3) is 0 Å². The van der Waals surface area contributed by atoms with Crippen LogP contribution in [0.25, 0.3) is 0 Å². The maximum atomic E-state index is 11.4. The van der Waals surface area contributed by atoms with Gasteiger partial charge in [0.2, 0.25) is 0 Å². The molecule has 17 heavy (non-hydrogen) atoms. The number of amides is 1. The molecule has 1 aliphatic heterocycles. The van der Waals surface area contributed by atoms with E-state index < -0.39 is 5.97 Å². The van der Waals surface area contributed by atoms with E-state index in [1.54, 1.807) is 11.0 Å². The molecule has 1 amide bonds. The maximum Gasteiger partial charge on any atom is 0.410 e. The minimum atomic E-state index is -1.08. The highest BCUT2D eigenvalue weighted by Gasteiger charge is 2.19. The second kappa shape index (κ2) is 4.82. The van der Waals surface area contributed by atoms with E-state index in [0.29, 0.717) is 19.7 Å². The third-order valence-electron chi connectivity index (χ3n) is 2.47. The Bertz CT molecular complexity index is 447. The molecule has 1 fully saturated rings. The third-order valence-corrected chi connectivity index (χ3v) is 2.47. The van der Waals surface area contributed by atoms with Crippen molar-refractivity contribution in [2.45, 2.75) is 13.0 Å². The molecule has 1 aliphatic rings. The first-order valence-electron chi connectivity index (χ1n) is 5.27. The van der Waals surface area contributed by atoms with E-state index in [4.69, 9.17) is 9.84 Å². The van der Waals surface area contributed by atoms with Gasteiger partial charge in [-0.25, -0.2) is 14.6 Å². The predicted octanol–water partition coefficient (Wildman–Crippen LogP) is 1.12. The summed E-state index contributed by atoms with van der Waals surface area (Å²) in [4.78, 5) is 27.4. The second-order valence-corrected chi connectivity index (χ2v) is 3.74. The van der Waals surface area contributed by atoms with Gasteiger partial charge in [0.1, 0.15) is 5.69 Å². The summed E-state index contributed by atoms with van der Waals surface area (Å²) in [7, 11) is 0. The van der Waals surface area contributed by atoms with Crippen molar-refractivity contribution >= 4 is 12.1 Å². The highest BCUT2D eigenvalue weighted by Crippen LogP contribution is 2.11. The van der Waals surface area contributed by atoms with Gasteiger partial charge < -0.3 is 14.7 Å². The van der Waals surface area contributed by atoms with Crippen molar-refractivity contribution in [3.8, 4) is 0 Å². The topological polar surface area (TPSA) is 79.7 Å². The molecule has 0 aromatic carbocycles. The molecule has 1 aromatic rings. The number of hydrogen-bond acceptors (Lipinski definition) is 4. The number of nitrogens with zero attached hydrogens (tertiary/aromatic N) is 2. The predicted molar refractivity (Wildman–Crippen MR) is 57.6 cm³/mol. The lowest BCUT2D eigenvalue weighted by atomic mass is 10.2. The molecule has 0 aliphatic carbocycles. The van der Waals surface area contributed by atoms with Gasteiger partial charge in [-0.2, -0.15) is 0 Å². The van der Waals surface area contributed by atoms with Crippen LogP contribution in [-0.4, -0.2) is 40.2 Å². The Hall–Kier alpha value is -2.11. The summed E-state index contributed by atoms with van der Waals surface area (Å²) in [5.74, 6) is -1.08. The molecule has 0 saturated carbocycles. The van der Waals surface area contributed by atoms with Crippen molar-refractivity contribution in [1.82, 2.24) is 9.88 Å². The van der Waals surface area contributed by atoms with Crippen LogP contribution in [0.15, 0.2) is 18.3 Å². The maximum absolute atomic E-state index is 11.4. The van der Waals surface area contributed by atoms with Crippen LogP contribution >= 0.6 is 0 Å². The van der Waals surface area contributed by atoms with Gasteiger partial charge in [0.15, 0.2) is 0 Å². The number of cyclic esters (lactones) is 1. The zero-order chi connectivity index (χ0) is 12.3. The van der Waals surface area contributed by atoms with Crippen molar-refractivity contribution in [2.24, 2.45) is 0 Å². The number of pyridine rings is 1.